The lowest BCUT2D eigenvalue weighted by molar-refractivity contribution is -0.0502. The maximum Gasteiger partial charge on any atom is 0.151 e. The van der Waals surface area contributed by atoms with Crippen LogP contribution in [-0.4, -0.2) is 12.8 Å². The molecule has 0 saturated carbocycles. The Labute approximate surface area is 165 Å². The molecule has 2 aromatic rings. The first-order chi connectivity index (χ1) is 12.4. The zero-order chi connectivity index (χ0) is 18.9. The molecule has 0 aromatic heterocycles. The highest BCUT2D eigenvalue weighted by atomic mass is 79.9. The predicted octanol–water partition coefficient (Wildman–Crippen LogP) is 6.48. The van der Waals surface area contributed by atoms with Crippen molar-refractivity contribution in [2.45, 2.75) is 39.2 Å². The lowest BCUT2D eigenvalue weighted by Crippen LogP contribution is -2.45. The fourth-order valence-corrected chi connectivity index (χ4v) is 4.66. The highest BCUT2D eigenvalue weighted by Crippen LogP contribution is 2.59. The standard InChI is InChI=1S/C23H26BrNO/c1-6-20-21(25-5)22(3,4)23(26-20,18-12-14-19(24)15-13-18)16(2)17-10-8-7-9-11-17/h6-16H,1-5H3/b20-6+,25-21?. The van der Waals surface area contributed by atoms with Crippen molar-refractivity contribution in [1.82, 2.24) is 0 Å². The number of halogens is 1. The van der Waals surface area contributed by atoms with Crippen LogP contribution in [0.1, 0.15) is 44.7 Å². The number of benzene rings is 2. The maximum atomic E-state index is 6.77. The summed E-state index contributed by atoms with van der Waals surface area (Å²) >= 11 is 3.56. The summed E-state index contributed by atoms with van der Waals surface area (Å²) in [5, 5.41) is 0. The van der Waals surface area contributed by atoms with E-state index >= 15 is 0 Å². The molecular weight excluding hydrogens is 386 g/mol. The molecule has 0 spiro atoms. The van der Waals surface area contributed by atoms with Gasteiger partial charge in [0.2, 0.25) is 0 Å². The van der Waals surface area contributed by atoms with E-state index in [1.165, 1.54) is 11.1 Å². The van der Waals surface area contributed by atoms with Crippen LogP contribution in [0.2, 0.25) is 0 Å². The summed E-state index contributed by atoms with van der Waals surface area (Å²) in [4.78, 5) is 4.62. The molecule has 0 bridgehead atoms. The molecule has 1 fully saturated rings. The molecule has 1 saturated heterocycles. The third kappa shape index (κ3) is 2.73. The van der Waals surface area contributed by atoms with Gasteiger partial charge in [-0.1, -0.05) is 65.3 Å². The van der Waals surface area contributed by atoms with Crippen LogP contribution in [-0.2, 0) is 10.3 Å². The third-order valence-corrected chi connectivity index (χ3v) is 6.22. The lowest BCUT2D eigenvalue weighted by atomic mass is 9.62. The summed E-state index contributed by atoms with van der Waals surface area (Å²) in [6, 6.07) is 19.1. The molecule has 2 aromatic carbocycles. The number of aliphatic imine (C=N–C) groups is 1. The fourth-order valence-electron chi connectivity index (χ4n) is 4.39. The van der Waals surface area contributed by atoms with Crippen molar-refractivity contribution in [3.8, 4) is 0 Å². The molecule has 0 aliphatic carbocycles. The first-order valence-corrected chi connectivity index (χ1v) is 9.81. The highest BCUT2D eigenvalue weighted by molar-refractivity contribution is 9.10. The Hall–Kier alpha value is -1.87. The van der Waals surface area contributed by atoms with Crippen LogP contribution in [0.3, 0.4) is 0 Å². The van der Waals surface area contributed by atoms with Gasteiger partial charge in [-0.3, -0.25) is 4.99 Å². The number of hydrogen-bond acceptors (Lipinski definition) is 2. The van der Waals surface area contributed by atoms with E-state index in [0.717, 1.165) is 15.9 Å². The summed E-state index contributed by atoms with van der Waals surface area (Å²) < 4.78 is 7.84. The molecule has 3 heteroatoms. The van der Waals surface area contributed by atoms with Crippen molar-refractivity contribution < 1.29 is 4.74 Å². The molecule has 136 valence electrons. The van der Waals surface area contributed by atoms with Crippen LogP contribution in [0, 0.1) is 5.41 Å². The summed E-state index contributed by atoms with van der Waals surface area (Å²) in [6.07, 6.45) is 2.03. The SMILES string of the molecule is C/C=C1/OC(c2ccc(Br)cc2)(C(C)c2ccccc2)C(C)(C)C1=NC. The van der Waals surface area contributed by atoms with Gasteiger partial charge >= 0.3 is 0 Å². The molecular formula is C23H26BrNO. The van der Waals surface area contributed by atoms with E-state index in [0.29, 0.717) is 0 Å². The number of ether oxygens (including phenoxy) is 1. The van der Waals surface area contributed by atoms with Crippen LogP contribution in [0.5, 0.6) is 0 Å². The first kappa shape index (κ1) is 18.9. The van der Waals surface area contributed by atoms with Gasteiger partial charge < -0.3 is 4.74 Å². The Kier molecular flexibility index (Phi) is 5.12. The van der Waals surface area contributed by atoms with Gasteiger partial charge in [0.1, 0.15) is 5.76 Å². The molecule has 2 nitrogen and oxygen atoms in total. The summed E-state index contributed by atoms with van der Waals surface area (Å²) in [5.41, 5.74) is 2.63. The van der Waals surface area contributed by atoms with E-state index in [2.05, 4.69) is 96.3 Å². The largest absolute Gasteiger partial charge is 0.479 e. The van der Waals surface area contributed by atoms with Gasteiger partial charge in [-0.2, -0.15) is 0 Å². The van der Waals surface area contributed by atoms with Crippen LogP contribution in [0.4, 0.5) is 0 Å². The average molecular weight is 412 g/mol. The van der Waals surface area contributed by atoms with Gasteiger partial charge in [-0.15, -0.1) is 0 Å². The molecule has 0 radical (unpaired) electrons. The van der Waals surface area contributed by atoms with Gasteiger partial charge in [-0.05, 0) is 50.1 Å². The Balaban J connectivity index is 2.29. The minimum absolute atomic E-state index is 0.147. The Bertz CT molecular complexity index is 836. The van der Waals surface area contributed by atoms with Gasteiger partial charge in [0, 0.05) is 17.4 Å². The smallest absolute Gasteiger partial charge is 0.151 e. The average Bonchev–Trinajstić information content (AvgIpc) is 2.89. The Morgan fingerprint density at radius 1 is 1.04 bits per heavy atom. The molecule has 1 aliphatic heterocycles. The zero-order valence-electron chi connectivity index (χ0n) is 16.1. The summed E-state index contributed by atoms with van der Waals surface area (Å²) in [6.45, 7) is 8.76. The number of hydrogen-bond donors (Lipinski definition) is 0. The van der Waals surface area contributed by atoms with E-state index in [4.69, 9.17) is 4.74 Å². The molecule has 0 N–H and O–H groups in total. The zero-order valence-corrected chi connectivity index (χ0v) is 17.7. The van der Waals surface area contributed by atoms with Crippen LogP contribution in [0.25, 0.3) is 0 Å². The van der Waals surface area contributed by atoms with E-state index in [-0.39, 0.29) is 11.3 Å². The molecule has 1 heterocycles. The quantitative estimate of drug-likeness (QED) is 0.566. The van der Waals surface area contributed by atoms with Gasteiger partial charge in [0.25, 0.3) is 0 Å². The summed E-state index contributed by atoms with van der Waals surface area (Å²) in [5.74, 6) is 1.03. The van der Waals surface area contributed by atoms with Crippen molar-refractivity contribution in [3.05, 3.63) is 82.0 Å². The number of allylic oxidation sites excluding steroid dienone is 2. The molecule has 3 rings (SSSR count). The van der Waals surface area contributed by atoms with Gasteiger partial charge in [-0.25, -0.2) is 0 Å². The maximum absolute atomic E-state index is 6.77. The fraction of sp³-hybridized carbons (Fsp3) is 0.348. The van der Waals surface area contributed by atoms with Gasteiger partial charge in [0.15, 0.2) is 5.60 Å². The Morgan fingerprint density at radius 3 is 2.15 bits per heavy atom. The second-order valence-corrected chi connectivity index (χ2v) is 8.24. The highest BCUT2D eigenvalue weighted by Gasteiger charge is 2.61. The monoisotopic (exact) mass is 411 g/mol. The topological polar surface area (TPSA) is 21.6 Å². The van der Waals surface area contributed by atoms with Crippen molar-refractivity contribution in [2.24, 2.45) is 10.4 Å². The molecule has 1 aliphatic rings. The normalized spacial score (nSPS) is 26.1. The van der Waals surface area contributed by atoms with Crippen molar-refractivity contribution in [1.29, 1.82) is 0 Å². The minimum Gasteiger partial charge on any atom is -0.479 e. The third-order valence-electron chi connectivity index (χ3n) is 5.69. The van der Waals surface area contributed by atoms with E-state index < -0.39 is 5.60 Å². The first-order valence-electron chi connectivity index (χ1n) is 9.02. The van der Waals surface area contributed by atoms with Crippen molar-refractivity contribution in [2.75, 3.05) is 7.05 Å². The molecule has 0 amide bonds. The van der Waals surface area contributed by atoms with E-state index in [1.54, 1.807) is 0 Å². The van der Waals surface area contributed by atoms with Crippen molar-refractivity contribution in [3.63, 3.8) is 0 Å². The van der Waals surface area contributed by atoms with Crippen molar-refractivity contribution >= 4 is 21.6 Å². The lowest BCUT2D eigenvalue weighted by Gasteiger charge is -2.44. The Morgan fingerprint density at radius 2 is 1.65 bits per heavy atom. The van der Waals surface area contributed by atoms with E-state index in [9.17, 15) is 0 Å². The van der Waals surface area contributed by atoms with Crippen LogP contribution >= 0.6 is 15.9 Å². The predicted molar refractivity (Wildman–Crippen MR) is 113 cm³/mol. The van der Waals surface area contributed by atoms with Crippen LogP contribution in [0.15, 0.2) is 75.9 Å². The number of rotatable bonds is 3. The number of nitrogens with zero attached hydrogens (tertiary/aromatic N) is 1. The summed E-state index contributed by atoms with van der Waals surface area (Å²) in [7, 11) is 1.86. The minimum atomic E-state index is -0.536. The van der Waals surface area contributed by atoms with Crippen LogP contribution < -0.4 is 0 Å². The molecule has 26 heavy (non-hydrogen) atoms. The second kappa shape index (κ2) is 7.03. The van der Waals surface area contributed by atoms with E-state index in [1.807, 2.05) is 20.0 Å². The molecule has 2 atom stereocenters. The van der Waals surface area contributed by atoms with Gasteiger partial charge in [0.05, 0.1) is 11.1 Å². The second-order valence-electron chi connectivity index (χ2n) is 7.33. The molecule has 2 unspecified atom stereocenters.